The number of carboxylic acids is 1. The normalized spacial score (nSPS) is 9.94. The van der Waals surface area contributed by atoms with Crippen molar-refractivity contribution in [1.29, 1.82) is 0 Å². The van der Waals surface area contributed by atoms with Crippen LogP contribution in [0.15, 0.2) is 0 Å². The Morgan fingerprint density at radius 1 is 1.29 bits per heavy atom. The first-order valence-electron chi connectivity index (χ1n) is 5.69. The van der Waals surface area contributed by atoms with Crippen molar-refractivity contribution in [3.63, 3.8) is 0 Å². The summed E-state index contributed by atoms with van der Waals surface area (Å²) >= 11 is 0. The number of carbonyl (C=O) groups is 3. The molecule has 98 valence electrons. The van der Waals surface area contributed by atoms with E-state index in [1.807, 2.05) is 0 Å². The lowest BCUT2D eigenvalue weighted by atomic mass is 10.2. The maximum absolute atomic E-state index is 11.7. The number of aliphatic carboxylic acids is 1. The molecule has 0 aliphatic rings. The third kappa shape index (κ3) is 8.38. The Balaban J connectivity index is 4.08. The van der Waals surface area contributed by atoms with Crippen LogP contribution in [0.2, 0.25) is 0 Å². The Kier molecular flexibility index (Phi) is 8.95. The summed E-state index contributed by atoms with van der Waals surface area (Å²) in [5, 5.41) is 11.5. The molecule has 1 amide bonds. The van der Waals surface area contributed by atoms with Crippen molar-refractivity contribution in [2.75, 3.05) is 26.7 Å². The van der Waals surface area contributed by atoms with Gasteiger partial charge in [0.05, 0.1) is 6.42 Å². The molecular formula is C11H20N2O4. The van der Waals surface area contributed by atoms with Crippen molar-refractivity contribution >= 4 is 18.2 Å². The van der Waals surface area contributed by atoms with E-state index in [4.69, 9.17) is 5.11 Å². The molecule has 0 fully saturated rings. The number of nitrogens with zero attached hydrogens (tertiary/aromatic N) is 1. The summed E-state index contributed by atoms with van der Waals surface area (Å²) in [5.41, 5.74) is 0. The quantitative estimate of drug-likeness (QED) is 0.413. The van der Waals surface area contributed by atoms with Crippen LogP contribution < -0.4 is 5.32 Å². The van der Waals surface area contributed by atoms with E-state index in [1.54, 1.807) is 7.05 Å². The fourth-order valence-electron chi connectivity index (χ4n) is 1.37. The largest absolute Gasteiger partial charge is 0.481 e. The molecule has 0 aliphatic heterocycles. The minimum absolute atomic E-state index is 0.0867. The molecule has 0 radical (unpaired) electrons. The molecule has 0 aromatic carbocycles. The Hall–Kier alpha value is -1.43. The van der Waals surface area contributed by atoms with Crippen LogP contribution in [0.5, 0.6) is 0 Å². The molecule has 0 saturated heterocycles. The molecule has 6 nitrogen and oxygen atoms in total. The van der Waals surface area contributed by atoms with E-state index in [2.05, 4.69) is 5.32 Å². The Labute approximate surface area is 101 Å². The number of hydrogen-bond acceptors (Lipinski definition) is 4. The monoisotopic (exact) mass is 244 g/mol. The number of aldehydes is 1. The van der Waals surface area contributed by atoms with E-state index in [9.17, 15) is 14.4 Å². The van der Waals surface area contributed by atoms with Crippen molar-refractivity contribution in [1.82, 2.24) is 10.2 Å². The van der Waals surface area contributed by atoms with Crippen molar-refractivity contribution < 1.29 is 19.5 Å². The van der Waals surface area contributed by atoms with E-state index in [0.717, 1.165) is 12.8 Å². The number of nitrogens with one attached hydrogen (secondary N) is 1. The second-order valence-electron chi connectivity index (χ2n) is 3.69. The molecule has 17 heavy (non-hydrogen) atoms. The van der Waals surface area contributed by atoms with Gasteiger partial charge in [-0.3, -0.25) is 9.59 Å². The second-order valence-corrected chi connectivity index (χ2v) is 3.69. The van der Waals surface area contributed by atoms with E-state index < -0.39 is 5.97 Å². The molecule has 2 N–H and O–H groups in total. The van der Waals surface area contributed by atoms with Crippen molar-refractivity contribution in [2.45, 2.75) is 25.7 Å². The van der Waals surface area contributed by atoms with Gasteiger partial charge < -0.3 is 20.1 Å². The van der Waals surface area contributed by atoms with Gasteiger partial charge in [-0.25, -0.2) is 0 Å². The summed E-state index contributed by atoms with van der Waals surface area (Å²) in [6.45, 7) is 1.21. The highest BCUT2D eigenvalue weighted by Gasteiger charge is 2.13. The van der Waals surface area contributed by atoms with Gasteiger partial charge in [0.2, 0.25) is 5.91 Å². The molecule has 0 atom stereocenters. The number of hydrogen-bond donors (Lipinski definition) is 2. The lowest BCUT2D eigenvalue weighted by molar-refractivity contribution is -0.138. The highest BCUT2D eigenvalue weighted by atomic mass is 16.4. The van der Waals surface area contributed by atoms with Gasteiger partial charge in [0.25, 0.3) is 0 Å². The fourth-order valence-corrected chi connectivity index (χ4v) is 1.37. The minimum atomic E-state index is -0.941. The van der Waals surface area contributed by atoms with Gasteiger partial charge in [-0.1, -0.05) is 0 Å². The lowest BCUT2D eigenvalue weighted by Gasteiger charge is -2.21. The summed E-state index contributed by atoms with van der Waals surface area (Å²) in [7, 11) is 1.80. The average molecular weight is 244 g/mol. The Morgan fingerprint density at radius 2 is 2.00 bits per heavy atom. The van der Waals surface area contributed by atoms with Gasteiger partial charge in [0.15, 0.2) is 0 Å². The summed E-state index contributed by atoms with van der Waals surface area (Å²) in [4.78, 5) is 33.9. The molecule has 0 spiro atoms. The zero-order chi connectivity index (χ0) is 13.1. The van der Waals surface area contributed by atoms with Gasteiger partial charge in [-0.05, 0) is 20.0 Å². The van der Waals surface area contributed by atoms with Crippen molar-refractivity contribution in [2.24, 2.45) is 0 Å². The average Bonchev–Trinajstić information content (AvgIpc) is 2.29. The van der Waals surface area contributed by atoms with Gasteiger partial charge in [0.1, 0.15) is 6.29 Å². The topological polar surface area (TPSA) is 86.7 Å². The highest BCUT2D eigenvalue weighted by molar-refractivity contribution is 5.77. The Bertz CT molecular complexity index is 256. The van der Waals surface area contributed by atoms with Crippen LogP contribution in [-0.4, -0.2) is 54.9 Å². The summed E-state index contributed by atoms with van der Waals surface area (Å²) < 4.78 is 0. The fraction of sp³-hybridized carbons (Fsp3) is 0.727. The number of rotatable bonds is 10. The van der Waals surface area contributed by atoms with Crippen LogP contribution in [0.25, 0.3) is 0 Å². The molecule has 0 rings (SSSR count). The maximum Gasteiger partial charge on any atom is 0.305 e. The van der Waals surface area contributed by atoms with Gasteiger partial charge in [0, 0.05) is 25.9 Å². The first kappa shape index (κ1) is 15.6. The maximum atomic E-state index is 11.7. The third-order valence-corrected chi connectivity index (χ3v) is 2.28. The molecular weight excluding hydrogens is 224 g/mol. The zero-order valence-corrected chi connectivity index (χ0v) is 10.1. The standard InChI is InChI=1S/C11H20N2O4/c1-12-6-2-4-10(15)13(7-3-9-14)8-5-11(16)17/h9,12H,2-8H2,1H3,(H,16,17). The van der Waals surface area contributed by atoms with E-state index >= 15 is 0 Å². The Morgan fingerprint density at radius 3 is 2.53 bits per heavy atom. The third-order valence-electron chi connectivity index (χ3n) is 2.28. The SMILES string of the molecule is CNCCCC(=O)N(CCC=O)CCC(=O)O. The molecule has 0 aliphatic carbocycles. The van der Waals surface area contributed by atoms with Gasteiger partial charge in [-0.2, -0.15) is 0 Å². The lowest BCUT2D eigenvalue weighted by Crippen LogP contribution is -2.34. The molecule has 0 heterocycles. The van der Waals surface area contributed by atoms with E-state index in [0.29, 0.717) is 19.4 Å². The predicted molar refractivity (Wildman–Crippen MR) is 62.7 cm³/mol. The van der Waals surface area contributed by atoms with Gasteiger partial charge in [-0.15, -0.1) is 0 Å². The molecule has 0 aromatic rings. The second kappa shape index (κ2) is 9.77. The van der Waals surface area contributed by atoms with E-state index in [1.165, 1.54) is 4.90 Å². The molecule has 0 saturated carbocycles. The first-order chi connectivity index (χ1) is 8.11. The number of amides is 1. The van der Waals surface area contributed by atoms with Crippen LogP contribution in [0, 0.1) is 0 Å². The molecule has 0 bridgehead atoms. The minimum Gasteiger partial charge on any atom is -0.481 e. The van der Waals surface area contributed by atoms with Crippen LogP contribution in [-0.2, 0) is 14.4 Å². The summed E-state index contributed by atoms with van der Waals surface area (Å²) in [6.07, 6.45) is 1.97. The van der Waals surface area contributed by atoms with Crippen molar-refractivity contribution in [3.8, 4) is 0 Å². The molecule has 6 heteroatoms. The predicted octanol–water partition coefficient (Wildman–Crippen LogP) is -0.122. The summed E-state index contributed by atoms with van der Waals surface area (Å²) in [6, 6.07) is 0. The molecule has 0 aromatic heterocycles. The highest BCUT2D eigenvalue weighted by Crippen LogP contribution is 2.00. The number of carboxylic acid groups (broad SMARTS) is 1. The smallest absolute Gasteiger partial charge is 0.305 e. The number of carbonyl (C=O) groups excluding carboxylic acids is 2. The van der Waals surface area contributed by atoms with Crippen molar-refractivity contribution in [3.05, 3.63) is 0 Å². The first-order valence-corrected chi connectivity index (χ1v) is 5.69. The van der Waals surface area contributed by atoms with Crippen LogP contribution >= 0.6 is 0 Å². The summed E-state index contributed by atoms with van der Waals surface area (Å²) in [5.74, 6) is -1.03. The van der Waals surface area contributed by atoms with Crippen LogP contribution in [0.3, 0.4) is 0 Å². The van der Waals surface area contributed by atoms with E-state index in [-0.39, 0.29) is 25.3 Å². The molecule has 0 unspecified atom stereocenters. The van der Waals surface area contributed by atoms with Crippen LogP contribution in [0.4, 0.5) is 0 Å². The van der Waals surface area contributed by atoms with Crippen LogP contribution in [0.1, 0.15) is 25.7 Å². The van der Waals surface area contributed by atoms with Gasteiger partial charge >= 0.3 is 5.97 Å². The zero-order valence-electron chi connectivity index (χ0n) is 10.1.